The van der Waals surface area contributed by atoms with Crippen LogP contribution in [0.25, 0.3) is 0 Å². The minimum Gasteiger partial charge on any atom is -0.311 e. The lowest BCUT2D eigenvalue weighted by atomic mass is 10.1. The number of carbonyl (C=O) groups excluding carboxylic acids is 2. The molecular weight excluding hydrogens is 372 g/mol. The molecule has 2 heterocycles. The molecule has 2 amide bonds. The molecule has 1 aliphatic heterocycles. The van der Waals surface area contributed by atoms with Crippen molar-refractivity contribution in [2.24, 2.45) is 0 Å². The standard InChI is InChI=1S/C21H20N4O2S/c1-13-7-3-5-9-16(13)19(27)22-21-24-23-20(28-21)15-11-18(26)25(12-15)17-10-6-4-8-14(17)2/h3-10,15H,11-12H2,1-2H3,(H,22,24,27)/t15-/m0/s1. The van der Waals surface area contributed by atoms with Crippen LogP contribution in [0.2, 0.25) is 0 Å². The molecule has 2 aromatic carbocycles. The van der Waals surface area contributed by atoms with E-state index in [0.717, 1.165) is 21.8 Å². The minimum atomic E-state index is -0.204. The molecule has 0 aliphatic carbocycles. The monoisotopic (exact) mass is 392 g/mol. The van der Waals surface area contributed by atoms with Gasteiger partial charge in [0.2, 0.25) is 11.0 Å². The molecule has 7 heteroatoms. The number of anilines is 2. The van der Waals surface area contributed by atoms with Crippen LogP contribution in [-0.2, 0) is 4.79 Å². The summed E-state index contributed by atoms with van der Waals surface area (Å²) in [6, 6.07) is 15.3. The van der Waals surface area contributed by atoms with Gasteiger partial charge in [0, 0.05) is 30.1 Å². The van der Waals surface area contributed by atoms with Gasteiger partial charge in [0.25, 0.3) is 5.91 Å². The molecule has 1 fully saturated rings. The van der Waals surface area contributed by atoms with Gasteiger partial charge in [-0.3, -0.25) is 14.9 Å². The van der Waals surface area contributed by atoms with Gasteiger partial charge >= 0.3 is 0 Å². The summed E-state index contributed by atoms with van der Waals surface area (Å²) < 4.78 is 0. The Morgan fingerprint density at radius 2 is 1.79 bits per heavy atom. The van der Waals surface area contributed by atoms with Crippen LogP contribution in [0.4, 0.5) is 10.8 Å². The van der Waals surface area contributed by atoms with Gasteiger partial charge in [-0.05, 0) is 37.1 Å². The molecule has 0 saturated carbocycles. The van der Waals surface area contributed by atoms with Crippen LogP contribution in [0.15, 0.2) is 48.5 Å². The molecule has 1 N–H and O–H groups in total. The van der Waals surface area contributed by atoms with Crippen LogP contribution in [0, 0.1) is 13.8 Å². The molecule has 1 aromatic heterocycles. The zero-order valence-electron chi connectivity index (χ0n) is 15.7. The van der Waals surface area contributed by atoms with Crippen molar-refractivity contribution in [3.63, 3.8) is 0 Å². The fourth-order valence-electron chi connectivity index (χ4n) is 3.41. The lowest BCUT2D eigenvalue weighted by Crippen LogP contribution is -2.25. The highest BCUT2D eigenvalue weighted by Crippen LogP contribution is 2.35. The summed E-state index contributed by atoms with van der Waals surface area (Å²) in [7, 11) is 0. The Bertz CT molecular complexity index is 1050. The van der Waals surface area contributed by atoms with Crippen molar-refractivity contribution in [2.75, 3.05) is 16.8 Å². The Kier molecular flexibility index (Phi) is 4.92. The summed E-state index contributed by atoms with van der Waals surface area (Å²) in [5, 5.41) is 12.4. The van der Waals surface area contributed by atoms with Gasteiger partial charge in [0.05, 0.1) is 0 Å². The highest BCUT2D eigenvalue weighted by atomic mass is 32.1. The van der Waals surface area contributed by atoms with Gasteiger partial charge in [-0.15, -0.1) is 10.2 Å². The molecule has 1 aliphatic rings. The van der Waals surface area contributed by atoms with Crippen molar-refractivity contribution < 1.29 is 9.59 Å². The molecule has 0 radical (unpaired) electrons. The third-order valence-electron chi connectivity index (χ3n) is 4.93. The molecule has 1 atom stereocenters. The predicted molar refractivity (Wildman–Crippen MR) is 110 cm³/mol. The first-order valence-electron chi connectivity index (χ1n) is 9.09. The number of para-hydroxylation sites is 1. The van der Waals surface area contributed by atoms with Crippen LogP contribution < -0.4 is 10.2 Å². The highest BCUT2D eigenvalue weighted by molar-refractivity contribution is 7.15. The number of hydrogen-bond donors (Lipinski definition) is 1. The summed E-state index contributed by atoms with van der Waals surface area (Å²) in [4.78, 5) is 26.8. The molecule has 3 aromatic rings. The van der Waals surface area contributed by atoms with Gasteiger partial charge in [-0.25, -0.2) is 0 Å². The number of nitrogens with one attached hydrogen (secondary N) is 1. The summed E-state index contributed by atoms with van der Waals surface area (Å²) in [6.45, 7) is 4.47. The first-order chi connectivity index (χ1) is 13.5. The van der Waals surface area contributed by atoms with E-state index in [4.69, 9.17) is 0 Å². The van der Waals surface area contributed by atoms with Crippen LogP contribution in [0.1, 0.15) is 38.8 Å². The number of aryl methyl sites for hydroxylation is 2. The fraction of sp³-hybridized carbons (Fsp3) is 0.238. The number of amides is 2. The summed E-state index contributed by atoms with van der Waals surface area (Å²) in [6.07, 6.45) is 0.398. The van der Waals surface area contributed by atoms with E-state index in [1.165, 1.54) is 11.3 Å². The number of hydrogen-bond acceptors (Lipinski definition) is 5. The maximum atomic E-state index is 12.5. The van der Waals surface area contributed by atoms with Gasteiger partial charge in [-0.2, -0.15) is 0 Å². The SMILES string of the molecule is Cc1ccccc1C(=O)Nc1nnc([C@H]2CC(=O)N(c3ccccc3C)C2)s1. The van der Waals surface area contributed by atoms with Crippen LogP contribution in [-0.4, -0.2) is 28.6 Å². The van der Waals surface area contributed by atoms with Gasteiger partial charge in [0.1, 0.15) is 5.01 Å². The van der Waals surface area contributed by atoms with E-state index in [-0.39, 0.29) is 17.7 Å². The molecule has 28 heavy (non-hydrogen) atoms. The molecule has 0 spiro atoms. The normalized spacial score (nSPS) is 16.4. The van der Waals surface area contributed by atoms with Gasteiger partial charge < -0.3 is 4.90 Å². The Morgan fingerprint density at radius 1 is 1.07 bits per heavy atom. The van der Waals surface area contributed by atoms with Crippen molar-refractivity contribution in [2.45, 2.75) is 26.2 Å². The van der Waals surface area contributed by atoms with E-state index in [2.05, 4.69) is 15.5 Å². The van der Waals surface area contributed by atoms with Crippen molar-refractivity contribution >= 4 is 34.0 Å². The summed E-state index contributed by atoms with van der Waals surface area (Å²) in [5.74, 6) is -0.140. The van der Waals surface area contributed by atoms with E-state index in [0.29, 0.717) is 23.7 Å². The number of carbonyl (C=O) groups is 2. The molecule has 1 saturated heterocycles. The van der Waals surface area contributed by atoms with Crippen molar-refractivity contribution in [3.8, 4) is 0 Å². The zero-order chi connectivity index (χ0) is 19.7. The molecule has 4 rings (SSSR count). The number of benzene rings is 2. The second-order valence-electron chi connectivity index (χ2n) is 6.91. The molecule has 0 unspecified atom stereocenters. The summed E-state index contributed by atoms with van der Waals surface area (Å²) in [5.41, 5.74) is 3.52. The maximum absolute atomic E-state index is 12.5. The van der Waals surface area contributed by atoms with Crippen molar-refractivity contribution in [1.82, 2.24) is 10.2 Å². The molecule has 0 bridgehead atoms. The average molecular weight is 392 g/mol. The second kappa shape index (κ2) is 7.52. The predicted octanol–water partition coefficient (Wildman–Crippen LogP) is 3.93. The maximum Gasteiger partial charge on any atom is 0.257 e. The fourth-order valence-corrected chi connectivity index (χ4v) is 4.24. The van der Waals surface area contributed by atoms with Gasteiger partial charge in [0.15, 0.2) is 0 Å². The Balaban J connectivity index is 1.48. The number of rotatable bonds is 4. The second-order valence-corrected chi connectivity index (χ2v) is 7.92. The van der Waals surface area contributed by atoms with Crippen molar-refractivity contribution in [3.05, 3.63) is 70.2 Å². The molecule has 6 nitrogen and oxygen atoms in total. The van der Waals surface area contributed by atoms with Crippen LogP contribution in [0.3, 0.4) is 0 Å². The average Bonchev–Trinajstić information content (AvgIpc) is 3.29. The first-order valence-corrected chi connectivity index (χ1v) is 9.91. The lowest BCUT2D eigenvalue weighted by molar-refractivity contribution is -0.117. The summed E-state index contributed by atoms with van der Waals surface area (Å²) >= 11 is 1.33. The molecular formula is C21H20N4O2S. The number of nitrogens with zero attached hydrogens (tertiary/aromatic N) is 3. The van der Waals surface area contributed by atoms with Crippen LogP contribution >= 0.6 is 11.3 Å². The van der Waals surface area contributed by atoms with E-state index in [1.807, 2.05) is 61.2 Å². The number of aromatic nitrogens is 2. The lowest BCUT2D eigenvalue weighted by Gasteiger charge is -2.18. The van der Waals surface area contributed by atoms with E-state index >= 15 is 0 Å². The Morgan fingerprint density at radius 3 is 2.54 bits per heavy atom. The first kappa shape index (κ1) is 18.3. The van der Waals surface area contributed by atoms with E-state index < -0.39 is 0 Å². The molecule has 142 valence electrons. The zero-order valence-corrected chi connectivity index (χ0v) is 16.5. The quantitative estimate of drug-likeness (QED) is 0.730. The van der Waals surface area contributed by atoms with E-state index in [9.17, 15) is 9.59 Å². The smallest absolute Gasteiger partial charge is 0.257 e. The Labute approximate surface area is 167 Å². The minimum absolute atomic E-state index is 0.0197. The largest absolute Gasteiger partial charge is 0.311 e. The van der Waals surface area contributed by atoms with E-state index in [1.54, 1.807) is 6.07 Å². The topological polar surface area (TPSA) is 75.2 Å². The third-order valence-corrected chi connectivity index (χ3v) is 5.93. The highest BCUT2D eigenvalue weighted by Gasteiger charge is 2.34. The van der Waals surface area contributed by atoms with Gasteiger partial charge in [-0.1, -0.05) is 47.7 Å². The van der Waals surface area contributed by atoms with Crippen LogP contribution in [0.5, 0.6) is 0 Å². The van der Waals surface area contributed by atoms with Crippen molar-refractivity contribution in [1.29, 1.82) is 0 Å². The third kappa shape index (κ3) is 3.53. The Hall–Kier alpha value is -3.06.